The monoisotopic (exact) mass is 390 g/mol. The number of amides is 1. The fraction of sp³-hybridized carbons (Fsp3) is 0.360. The number of aromatic hydroxyl groups is 1. The fourth-order valence-electron chi connectivity index (χ4n) is 3.58. The van der Waals surface area contributed by atoms with Crippen molar-refractivity contribution in [2.75, 3.05) is 5.32 Å². The molecule has 0 saturated heterocycles. The number of phenols is 1. The van der Waals surface area contributed by atoms with E-state index in [1.807, 2.05) is 25.1 Å². The highest BCUT2D eigenvalue weighted by molar-refractivity contribution is 5.91. The van der Waals surface area contributed by atoms with Gasteiger partial charge in [-0.3, -0.25) is 9.78 Å². The minimum Gasteiger partial charge on any atom is -0.508 e. The lowest BCUT2D eigenvalue weighted by Crippen LogP contribution is -2.14. The molecule has 1 aliphatic carbocycles. The molecule has 4 heteroatoms. The summed E-state index contributed by atoms with van der Waals surface area (Å²) >= 11 is 0. The summed E-state index contributed by atoms with van der Waals surface area (Å²) < 4.78 is 0. The third kappa shape index (κ3) is 5.57. The van der Waals surface area contributed by atoms with E-state index in [-0.39, 0.29) is 17.1 Å². The summed E-state index contributed by atoms with van der Waals surface area (Å²) in [6.45, 7) is 8.70. The van der Waals surface area contributed by atoms with Gasteiger partial charge in [0.1, 0.15) is 5.75 Å². The van der Waals surface area contributed by atoms with E-state index >= 15 is 0 Å². The molecule has 2 N–H and O–H groups in total. The van der Waals surface area contributed by atoms with Gasteiger partial charge in [0.15, 0.2) is 0 Å². The Hall–Kier alpha value is -2.88. The molecule has 1 aliphatic rings. The Morgan fingerprint density at radius 2 is 1.86 bits per heavy atom. The van der Waals surface area contributed by atoms with Gasteiger partial charge in [0.25, 0.3) is 0 Å². The van der Waals surface area contributed by atoms with E-state index in [9.17, 15) is 9.90 Å². The quantitative estimate of drug-likeness (QED) is 0.641. The molecule has 0 fully saturated rings. The Morgan fingerprint density at radius 3 is 2.45 bits per heavy atom. The van der Waals surface area contributed by atoms with Gasteiger partial charge in [-0.25, -0.2) is 0 Å². The van der Waals surface area contributed by atoms with Crippen LogP contribution in [0.15, 0.2) is 59.8 Å². The summed E-state index contributed by atoms with van der Waals surface area (Å²) in [5.74, 6) is 0.239. The predicted molar refractivity (Wildman–Crippen MR) is 119 cm³/mol. The van der Waals surface area contributed by atoms with E-state index in [0.717, 1.165) is 36.1 Å². The van der Waals surface area contributed by atoms with E-state index in [1.165, 1.54) is 11.1 Å². The van der Waals surface area contributed by atoms with Gasteiger partial charge in [-0.1, -0.05) is 44.1 Å². The van der Waals surface area contributed by atoms with Crippen LogP contribution in [0.4, 0.5) is 5.69 Å². The molecule has 1 amide bonds. The zero-order chi connectivity index (χ0) is 21.0. The van der Waals surface area contributed by atoms with Crippen LogP contribution in [0.5, 0.6) is 5.75 Å². The summed E-state index contributed by atoms with van der Waals surface area (Å²) in [5.41, 5.74) is 6.50. The van der Waals surface area contributed by atoms with Gasteiger partial charge in [-0.05, 0) is 67.5 Å². The highest BCUT2D eigenvalue weighted by atomic mass is 16.3. The van der Waals surface area contributed by atoms with E-state index in [4.69, 9.17) is 0 Å². The third-order valence-electron chi connectivity index (χ3n) is 5.37. The van der Waals surface area contributed by atoms with Crippen LogP contribution in [-0.2, 0) is 4.79 Å². The average Bonchev–Trinajstić information content (AvgIpc) is 2.67. The van der Waals surface area contributed by atoms with Crippen molar-refractivity contribution in [3.05, 3.63) is 65.4 Å². The SMILES string of the molecule is Cc1cc(NC(=O)CCC2=CC=C(C(C)(C)C)CC2)cnc1-c1ccc(O)cc1. The van der Waals surface area contributed by atoms with Crippen LogP contribution >= 0.6 is 0 Å². The van der Waals surface area contributed by atoms with Crippen molar-refractivity contribution >= 4 is 11.6 Å². The molecule has 152 valence electrons. The number of phenolic OH excluding ortho intramolecular Hbond substituents is 1. The van der Waals surface area contributed by atoms with Gasteiger partial charge in [0, 0.05) is 12.0 Å². The topological polar surface area (TPSA) is 62.2 Å². The number of benzene rings is 1. The summed E-state index contributed by atoms with van der Waals surface area (Å²) in [7, 11) is 0. The molecule has 1 aromatic heterocycles. The lowest BCUT2D eigenvalue weighted by Gasteiger charge is -2.26. The molecule has 3 rings (SSSR count). The van der Waals surface area contributed by atoms with Crippen molar-refractivity contribution in [2.45, 2.75) is 53.4 Å². The molecular weight excluding hydrogens is 360 g/mol. The summed E-state index contributed by atoms with van der Waals surface area (Å²) in [6.07, 6.45) is 9.49. The van der Waals surface area contributed by atoms with Gasteiger partial charge in [-0.2, -0.15) is 0 Å². The summed E-state index contributed by atoms with van der Waals surface area (Å²) in [6, 6.07) is 8.89. The van der Waals surface area contributed by atoms with Crippen molar-refractivity contribution in [1.29, 1.82) is 0 Å². The number of hydrogen-bond acceptors (Lipinski definition) is 3. The van der Waals surface area contributed by atoms with Crippen molar-refractivity contribution in [3.8, 4) is 17.0 Å². The lowest BCUT2D eigenvalue weighted by atomic mass is 9.80. The Kier molecular flexibility index (Phi) is 6.21. The number of hydrogen-bond donors (Lipinski definition) is 2. The highest BCUT2D eigenvalue weighted by Gasteiger charge is 2.19. The van der Waals surface area contributed by atoms with Crippen molar-refractivity contribution in [2.24, 2.45) is 5.41 Å². The van der Waals surface area contributed by atoms with Crippen molar-refractivity contribution < 1.29 is 9.90 Å². The highest BCUT2D eigenvalue weighted by Crippen LogP contribution is 2.34. The minimum absolute atomic E-state index is 0.00933. The molecule has 0 atom stereocenters. The van der Waals surface area contributed by atoms with Gasteiger partial charge < -0.3 is 10.4 Å². The number of rotatable bonds is 5. The predicted octanol–water partition coefficient (Wildman–Crippen LogP) is 6.17. The second-order valence-corrected chi connectivity index (χ2v) is 8.75. The molecular formula is C25H30N2O2. The molecule has 0 radical (unpaired) electrons. The Balaban J connectivity index is 1.57. The minimum atomic E-state index is 0.00933. The second kappa shape index (κ2) is 8.64. The molecule has 2 aromatic rings. The Labute approximate surface area is 173 Å². The van der Waals surface area contributed by atoms with Crippen LogP contribution in [0.3, 0.4) is 0 Å². The Morgan fingerprint density at radius 1 is 1.14 bits per heavy atom. The number of aromatic nitrogens is 1. The van der Waals surface area contributed by atoms with E-state index < -0.39 is 0 Å². The number of nitrogens with one attached hydrogen (secondary N) is 1. The van der Waals surface area contributed by atoms with Crippen LogP contribution in [0, 0.1) is 12.3 Å². The number of aryl methyl sites for hydroxylation is 1. The van der Waals surface area contributed by atoms with Crippen LogP contribution in [-0.4, -0.2) is 16.0 Å². The number of nitrogens with zero attached hydrogens (tertiary/aromatic N) is 1. The van der Waals surface area contributed by atoms with E-state index in [0.29, 0.717) is 12.1 Å². The molecule has 1 heterocycles. The van der Waals surface area contributed by atoms with Crippen LogP contribution < -0.4 is 5.32 Å². The Bertz CT molecular complexity index is 948. The van der Waals surface area contributed by atoms with Crippen molar-refractivity contribution in [1.82, 2.24) is 4.98 Å². The zero-order valence-electron chi connectivity index (χ0n) is 17.7. The number of anilines is 1. The molecule has 29 heavy (non-hydrogen) atoms. The third-order valence-corrected chi connectivity index (χ3v) is 5.37. The molecule has 1 aromatic carbocycles. The molecule has 0 unspecified atom stereocenters. The number of carbonyl (C=O) groups is 1. The number of carbonyl (C=O) groups excluding carboxylic acids is 1. The summed E-state index contributed by atoms with van der Waals surface area (Å²) in [4.78, 5) is 16.9. The molecule has 0 aliphatic heterocycles. The number of pyridine rings is 1. The van der Waals surface area contributed by atoms with Crippen LogP contribution in [0.25, 0.3) is 11.3 Å². The van der Waals surface area contributed by atoms with Crippen LogP contribution in [0.2, 0.25) is 0 Å². The lowest BCUT2D eigenvalue weighted by molar-refractivity contribution is -0.116. The van der Waals surface area contributed by atoms with E-state index in [1.54, 1.807) is 18.3 Å². The van der Waals surface area contributed by atoms with Gasteiger partial charge in [-0.15, -0.1) is 0 Å². The normalized spacial score (nSPS) is 14.2. The first-order valence-corrected chi connectivity index (χ1v) is 10.2. The molecule has 0 saturated carbocycles. The van der Waals surface area contributed by atoms with Gasteiger partial charge in [0.05, 0.1) is 17.6 Å². The second-order valence-electron chi connectivity index (χ2n) is 8.75. The van der Waals surface area contributed by atoms with Gasteiger partial charge >= 0.3 is 0 Å². The maximum atomic E-state index is 12.4. The zero-order valence-corrected chi connectivity index (χ0v) is 17.7. The fourth-order valence-corrected chi connectivity index (χ4v) is 3.58. The molecule has 0 spiro atoms. The first kappa shape index (κ1) is 20.8. The standard InChI is InChI=1S/C25H30N2O2/c1-17-15-21(16-26-24(17)19-8-12-22(28)13-9-19)27-23(29)14-7-18-5-10-20(11-6-18)25(2,3)4/h5,8-10,12-13,15-16,28H,6-7,11,14H2,1-4H3,(H,27,29). The first-order chi connectivity index (χ1) is 13.7. The molecule has 0 bridgehead atoms. The molecule has 4 nitrogen and oxygen atoms in total. The maximum Gasteiger partial charge on any atom is 0.224 e. The van der Waals surface area contributed by atoms with E-state index in [2.05, 4.69) is 43.2 Å². The van der Waals surface area contributed by atoms with Gasteiger partial charge in [0.2, 0.25) is 5.91 Å². The number of allylic oxidation sites excluding steroid dienone is 4. The first-order valence-electron chi connectivity index (χ1n) is 10.2. The largest absolute Gasteiger partial charge is 0.508 e. The maximum absolute atomic E-state index is 12.4. The smallest absolute Gasteiger partial charge is 0.224 e. The van der Waals surface area contributed by atoms with Crippen LogP contribution in [0.1, 0.15) is 52.0 Å². The summed E-state index contributed by atoms with van der Waals surface area (Å²) in [5, 5.41) is 12.4. The van der Waals surface area contributed by atoms with Crippen molar-refractivity contribution in [3.63, 3.8) is 0 Å². The average molecular weight is 391 g/mol.